The molecule has 1 heterocycles. The minimum absolute atomic E-state index is 0.0274. The van der Waals surface area contributed by atoms with Crippen LogP contribution in [0.3, 0.4) is 0 Å². The molecule has 1 saturated heterocycles. The van der Waals surface area contributed by atoms with Crippen molar-refractivity contribution in [2.75, 3.05) is 12.8 Å². The number of benzene rings is 1. The first-order valence-corrected chi connectivity index (χ1v) is 7.96. The van der Waals surface area contributed by atoms with E-state index in [9.17, 15) is 18.0 Å². The molecule has 9 heteroatoms. The van der Waals surface area contributed by atoms with Crippen molar-refractivity contribution >= 4 is 39.1 Å². The molecule has 0 bridgehead atoms. The molecule has 2 rings (SSSR count). The lowest BCUT2D eigenvalue weighted by molar-refractivity contribution is -0.147. The predicted molar refractivity (Wildman–Crippen MR) is 77.0 cm³/mol. The first kappa shape index (κ1) is 15.7. The van der Waals surface area contributed by atoms with Crippen molar-refractivity contribution in [1.29, 1.82) is 0 Å². The molecule has 1 aromatic rings. The fraction of sp³-hybridized carbons (Fsp3) is 0.333. The highest BCUT2D eigenvalue weighted by atomic mass is 35.5. The van der Waals surface area contributed by atoms with Gasteiger partial charge in [-0.2, -0.15) is 4.72 Å². The number of rotatable bonds is 3. The second kappa shape index (κ2) is 5.63. The Bertz CT molecular complexity index is 704. The molecular formula is C12H14ClN3O4S. The Kier molecular flexibility index (Phi) is 4.22. The highest BCUT2D eigenvalue weighted by molar-refractivity contribution is 7.89. The summed E-state index contributed by atoms with van der Waals surface area (Å²) in [6.07, 6.45) is 0.210. The number of nitrogens with two attached hydrogens (primary N) is 1. The average molecular weight is 332 g/mol. The molecule has 2 amide bonds. The van der Waals surface area contributed by atoms with Crippen molar-refractivity contribution in [1.82, 2.24) is 9.62 Å². The third kappa shape index (κ3) is 3.17. The topological polar surface area (TPSA) is 110 Å². The summed E-state index contributed by atoms with van der Waals surface area (Å²) in [5.74, 6) is -0.923. The summed E-state index contributed by atoms with van der Waals surface area (Å²) in [4.78, 5) is 24.0. The Morgan fingerprint density at radius 2 is 2.05 bits per heavy atom. The molecule has 3 N–H and O–H groups in total. The van der Waals surface area contributed by atoms with E-state index in [-0.39, 0.29) is 34.4 Å². The molecule has 1 aliphatic heterocycles. The van der Waals surface area contributed by atoms with Crippen LogP contribution in [0.4, 0.5) is 5.69 Å². The summed E-state index contributed by atoms with van der Waals surface area (Å²) in [5, 5.41) is 0.215. The Hall–Kier alpha value is -1.64. The second-order valence-electron chi connectivity index (χ2n) is 4.69. The number of nitrogen functional groups attached to an aromatic ring is 1. The number of hydrogen-bond acceptors (Lipinski definition) is 5. The summed E-state index contributed by atoms with van der Waals surface area (Å²) in [7, 11) is -2.69. The maximum absolute atomic E-state index is 12.3. The standard InChI is InChI=1S/C12H14ClN3O4S/c1-16-11(17)5-4-9(12(16)18)15-21(19,20)10-6-7(13)2-3-8(10)14/h2-3,6,9,15H,4-5,14H2,1H3. The lowest BCUT2D eigenvalue weighted by atomic mass is 10.1. The number of piperidine rings is 1. The van der Waals surface area contributed by atoms with E-state index in [1.54, 1.807) is 0 Å². The summed E-state index contributed by atoms with van der Waals surface area (Å²) in [6, 6.07) is 3.06. The minimum atomic E-state index is -4.01. The smallest absolute Gasteiger partial charge is 0.247 e. The molecule has 0 radical (unpaired) electrons. The quantitative estimate of drug-likeness (QED) is 0.613. The van der Waals surface area contributed by atoms with Gasteiger partial charge in [0.2, 0.25) is 21.8 Å². The van der Waals surface area contributed by atoms with Gasteiger partial charge in [0.05, 0.1) is 5.69 Å². The number of likely N-dealkylation sites (N-methyl/N-ethyl adjacent to an activating group) is 1. The Morgan fingerprint density at radius 1 is 1.38 bits per heavy atom. The van der Waals surface area contributed by atoms with E-state index in [1.165, 1.54) is 25.2 Å². The number of halogens is 1. The molecule has 1 aromatic carbocycles. The molecule has 21 heavy (non-hydrogen) atoms. The summed E-state index contributed by atoms with van der Waals surface area (Å²) in [5.41, 5.74) is 5.66. The van der Waals surface area contributed by atoms with Crippen molar-refractivity contribution in [2.24, 2.45) is 0 Å². The van der Waals surface area contributed by atoms with Crippen LogP contribution in [-0.4, -0.2) is 38.2 Å². The van der Waals surface area contributed by atoms with Gasteiger partial charge in [0, 0.05) is 18.5 Å². The van der Waals surface area contributed by atoms with Crippen molar-refractivity contribution in [3.63, 3.8) is 0 Å². The molecular weight excluding hydrogens is 318 g/mol. The van der Waals surface area contributed by atoms with Gasteiger partial charge in [0.1, 0.15) is 10.9 Å². The van der Waals surface area contributed by atoms with Crippen molar-refractivity contribution in [2.45, 2.75) is 23.8 Å². The SMILES string of the molecule is CN1C(=O)CCC(NS(=O)(=O)c2cc(Cl)ccc2N)C1=O. The zero-order valence-electron chi connectivity index (χ0n) is 11.2. The van der Waals surface area contributed by atoms with Crippen LogP contribution in [0.5, 0.6) is 0 Å². The third-order valence-electron chi connectivity index (χ3n) is 3.21. The number of likely N-dealkylation sites (tertiary alicyclic amines) is 1. The van der Waals surface area contributed by atoms with E-state index < -0.39 is 22.0 Å². The maximum atomic E-state index is 12.3. The van der Waals surface area contributed by atoms with Gasteiger partial charge in [-0.15, -0.1) is 0 Å². The Morgan fingerprint density at radius 3 is 2.71 bits per heavy atom. The van der Waals surface area contributed by atoms with Gasteiger partial charge in [0.15, 0.2) is 0 Å². The molecule has 0 aromatic heterocycles. The van der Waals surface area contributed by atoms with Crippen molar-refractivity contribution in [3.05, 3.63) is 23.2 Å². The fourth-order valence-corrected chi connectivity index (χ4v) is 3.63. The molecule has 1 aliphatic rings. The summed E-state index contributed by atoms with van der Waals surface area (Å²) in [6.45, 7) is 0. The molecule has 0 spiro atoms. The van der Waals surface area contributed by atoms with Crippen LogP contribution in [0.2, 0.25) is 5.02 Å². The molecule has 1 fully saturated rings. The van der Waals surface area contributed by atoms with Gasteiger partial charge in [-0.05, 0) is 24.6 Å². The van der Waals surface area contributed by atoms with Crippen molar-refractivity contribution < 1.29 is 18.0 Å². The number of carbonyl (C=O) groups is 2. The molecule has 1 atom stereocenters. The highest BCUT2D eigenvalue weighted by Gasteiger charge is 2.35. The van der Waals surface area contributed by atoms with Crippen LogP contribution in [0.15, 0.2) is 23.1 Å². The molecule has 7 nitrogen and oxygen atoms in total. The van der Waals surface area contributed by atoms with Gasteiger partial charge >= 0.3 is 0 Å². The second-order valence-corrected chi connectivity index (χ2v) is 6.80. The lowest BCUT2D eigenvalue weighted by Crippen LogP contribution is -2.52. The third-order valence-corrected chi connectivity index (χ3v) is 4.97. The summed E-state index contributed by atoms with van der Waals surface area (Å²) >= 11 is 5.77. The van der Waals surface area contributed by atoms with E-state index in [4.69, 9.17) is 17.3 Å². The zero-order chi connectivity index (χ0) is 15.8. The van der Waals surface area contributed by atoms with Crippen molar-refractivity contribution in [3.8, 4) is 0 Å². The van der Waals surface area contributed by atoms with Gasteiger partial charge in [-0.1, -0.05) is 11.6 Å². The number of sulfonamides is 1. The highest BCUT2D eigenvalue weighted by Crippen LogP contribution is 2.23. The first-order valence-electron chi connectivity index (χ1n) is 6.10. The first-order chi connectivity index (χ1) is 9.72. The number of hydrogen-bond donors (Lipinski definition) is 2. The average Bonchev–Trinajstić information content (AvgIpc) is 2.42. The number of carbonyl (C=O) groups excluding carboxylic acids is 2. The Labute approximate surface area is 127 Å². The van der Waals surface area contributed by atoms with E-state index >= 15 is 0 Å². The van der Waals surface area contributed by atoms with Gasteiger partial charge in [-0.3, -0.25) is 14.5 Å². The van der Waals surface area contributed by atoms with Crippen LogP contribution in [0.25, 0.3) is 0 Å². The number of amides is 2. The van der Waals surface area contributed by atoms with Gasteiger partial charge in [0.25, 0.3) is 0 Å². The largest absolute Gasteiger partial charge is 0.398 e. The van der Waals surface area contributed by atoms with E-state index in [0.29, 0.717) is 0 Å². The molecule has 0 aliphatic carbocycles. The lowest BCUT2D eigenvalue weighted by Gasteiger charge is -2.28. The molecule has 1 unspecified atom stereocenters. The number of anilines is 1. The van der Waals surface area contributed by atoms with Crippen LogP contribution in [-0.2, 0) is 19.6 Å². The van der Waals surface area contributed by atoms with Gasteiger partial charge < -0.3 is 5.73 Å². The predicted octanol–water partition coefficient (Wildman–Crippen LogP) is 0.348. The van der Waals surface area contributed by atoms with Gasteiger partial charge in [-0.25, -0.2) is 8.42 Å². The van der Waals surface area contributed by atoms with E-state index in [0.717, 1.165) is 4.90 Å². The van der Waals surface area contributed by atoms with Crippen LogP contribution < -0.4 is 10.5 Å². The minimum Gasteiger partial charge on any atom is -0.398 e. The normalized spacial score (nSPS) is 19.9. The fourth-order valence-electron chi connectivity index (χ4n) is 2.02. The molecule has 0 saturated carbocycles. The Balaban J connectivity index is 2.28. The van der Waals surface area contributed by atoms with Crippen LogP contribution in [0, 0.1) is 0 Å². The number of nitrogens with zero attached hydrogens (tertiary/aromatic N) is 1. The zero-order valence-corrected chi connectivity index (χ0v) is 12.7. The monoisotopic (exact) mass is 331 g/mol. The maximum Gasteiger partial charge on any atom is 0.247 e. The van der Waals surface area contributed by atoms with Crippen LogP contribution >= 0.6 is 11.6 Å². The number of nitrogens with one attached hydrogen (secondary N) is 1. The molecule has 114 valence electrons. The summed E-state index contributed by atoms with van der Waals surface area (Å²) < 4.78 is 26.9. The van der Waals surface area contributed by atoms with E-state index in [2.05, 4.69) is 4.72 Å². The van der Waals surface area contributed by atoms with E-state index in [1.807, 2.05) is 0 Å². The number of imide groups is 1. The van der Waals surface area contributed by atoms with Crippen LogP contribution in [0.1, 0.15) is 12.8 Å².